The molecule has 3 N–H and O–H groups in total. The topological polar surface area (TPSA) is 55.1 Å². The van der Waals surface area contributed by atoms with Crippen molar-refractivity contribution in [1.82, 2.24) is 5.32 Å². The van der Waals surface area contributed by atoms with Gasteiger partial charge < -0.3 is 11.1 Å². The van der Waals surface area contributed by atoms with Gasteiger partial charge in [-0.15, -0.1) is 0 Å². The van der Waals surface area contributed by atoms with Crippen molar-refractivity contribution >= 4 is 5.91 Å². The van der Waals surface area contributed by atoms with E-state index in [4.69, 9.17) is 5.73 Å². The summed E-state index contributed by atoms with van der Waals surface area (Å²) in [5, 5.41) is 3.29. The quantitative estimate of drug-likeness (QED) is 0.615. The van der Waals surface area contributed by atoms with Gasteiger partial charge in [-0.25, -0.2) is 0 Å². The number of primary amides is 1. The smallest absolute Gasteiger partial charge is 0.222 e. The summed E-state index contributed by atoms with van der Waals surface area (Å²) < 4.78 is 0. The lowest BCUT2D eigenvalue weighted by atomic mass is 9.95. The molecular formula is C8H16N2O. The third kappa shape index (κ3) is 1.93. The molecule has 3 heteroatoms. The molecule has 1 rings (SSSR count). The Bertz CT molecular complexity index is 141. The first kappa shape index (κ1) is 8.53. The Morgan fingerprint density at radius 3 is 2.91 bits per heavy atom. The summed E-state index contributed by atoms with van der Waals surface area (Å²) in [6.07, 6.45) is 3.13. The van der Waals surface area contributed by atoms with Crippen LogP contribution in [0.5, 0.6) is 0 Å². The predicted octanol–water partition coefficient (Wildman–Crippen LogP) is 0.250. The molecule has 0 bridgehead atoms. The summed E-state index contributed by atoms with van der Waals surface area (Å²) >= 11 is 0. The van der Waals surface area contributed by atoms with Crippen molar-refractivity contribution in [3.05, 3.63) is 0 Å². The SMILES string of the molecule is CCC(C(N)=O)[C@@H]1CCCN1. The van der Waals surface area contributed by atoms with Gasteiger partial charge in [0.15, 0.2) is 0 Å². The van der Waals surface area contributed by atoms with Gasteiger partial charge in [0.2, 0.25) is 5.91 Å². The van der Waals surface area contributed by atoms with E-state index in [1.165, 1.54) is 6.42 Å². The zero-order valence-corrected chi connectivity index (χ0v) is 6.97. The number of nitrogens with two attached hydrogens (primary N) is 1. The lowest BCUT2D eigenvalue weighted by Crippen LogP contribution is -2.38. The number of hydrogen-bond donors (Lipinski definition) is 2. The minimum Gasteiger partial charge on any atom is -0.369 e. The highest BCUT2D eigenvalue weighted by Crippen LogP contribution is 2.17. The highest BCUT2D eigenvalue weighted by molar-refractivity contribution is 5.77. The summed E-state index contributed by atoms with van der Waals surface area (Å²) in [7, 11) is 0. The first-order valence-electron chi connectivity index (χ1n) is 4.28. The van der Waals surface area contributed by atoms with Gasteiger partial charge in [-0.1, -0.05) is 6.92 Å². The second kappa shape index (κ2) is 3.72. The minimum atomic E-state index is -0.160. The largest absolute Gasteiger partial charge is 0.369 e. The van der Waals surface area contributed by atoms with E-state index in [0.717, 1.165) is 19.4 Å². The maximum atomic E-state index is 10.9. The molecule has 1 heterocycles. The van der Waals surface area contributed by atoms with Crippen LogP contribution in [0.2, 0.25) is 0 Å². The molecule has 11 heavy (non-hydrogen) atoms. The zero-order valence-electron chi connectivity index (χ0n) is 6.97. The van der Waals surface area contributed by atoms with Crippen LogP contribution in [0.15, 0.2) is 0 Å². The van der Waals surface area contributed by atoms with Crippen LogP contribution in [-0.4, -0.2) is 18.5 Å². The fraction of sp³-hybridized carbons (Fsp3) is 0.875. The molecule has 0 aliphatic carbocycles. The first-order valence-corrected chi connectivity index (χ1v) is 4.28. The second-order valence-electron chi connectivity index (χ2n) is 3.12. The Morgan fingerprint density at radius 1 is 1.82 bits per heavy atom. The molecule has 3 nitrogen and oxygen atoms in total. The van der Waals surface area contributed by atoms with E-state index in [0.29, 0.717) is 6.04 Å². The Hall–Kier alpha value is -0.570. The maximum Gasteiger partial charge on any atom is 0.222 e. The van der Waals surface area contributed by atoms with Crippen molar-refractivity contribution in [2.45, 2.75) is 32.2 Å². The molecule has 0 spiro atoms. The van der Waals surface area contributed by atoms with E-state index in [9.17, 15) is 4.79 Å². The third-order valence-electron chi connectivity index (χ3n) is 2.39. The van der Waals surface area contributed by atoms with Crippen LogP contribution < -0.4 is 11.1 Å². The highest BCUT2D eigenvalue weighted by atomic mass is 16.1. The molecule has 0 aromatic rings. The van der Waals surface area contributed by atoms with Gasteiger partial charge in [-0.05, 0) is 25.8 Å². The zero-order chi connectivity index (χ0) is 8.27. The van der Waals surface area contributed by atoms with E-state index in [1.54, 1.807) is 0 Å². The van der Waals surface area contributed by atoms with Gasteiger partial charge in [-0.2, -0.15) is 0 Å². The van der Waals surface area contributed by atoms with Gasteiger partial charge in [0, 0.05) is 6.04 Å². The number of hydrogen-bond acceptors (Lipinski definition) is 2. The molecule has 0 saturated carbocycles. The van der Waals surface area contributed by atoms with Gasteiger partial charge >= 0.3 is 0 Å². The van der Waals surface area contributed by atoms with Gasteiger partial charge in [-0.3, -0.25) is 4.79 Å². The standard InChI is InChI=1S/C8H16N2O/c1-2-6(8(9)11)7-4-3-5-10-7/h6-7,10H,2-5H2,1H3,(H2,9,11)/t6?,7-/m0/s1. The summed E-state index contributed by atoms with van der Waals surface area (Å²) in [5.41, 5.74) is 5.25. The lowest BCUT2D eigenvalue weighted by Gasteiger charge is -2.18. The van der Waals surface area contributed by atoms with Gasteiger partial charge in [0.1, 0.15) is 0 Å². The van der Waals surface area contributed by atoms with Crippen LogP contribution >= 0.6 is 0 Å². The van der Waals surface area contributed by atoms with Crippen LogP contribution in [0.4, 0.5) is 0 Å². The number of amides is 1. The molecule has 1 saturated heterocycles. The van der Waals surface area contributed by atoms with E-state index < -0.39 is 0 Å². The molecule has 0 aromatic heterocycles. The van der Waals surface area contributed by atoms with Crippen LogP contribution in [0.3, 0.4) is 0 Å². The Morgan fingerprint density at radius 2 is 2.55 bits per heavy atom. The maximum absolute atomic E-state index is 10.9. The van der Waals surface area contributed by atoms with E-state index in [-0.39, 0.29) is 11.8 Å². The fourth-order valence-corrected chi connectivity index (χ4v) is 1.74. The minimum absolute atomic E-state index is 0.0394. The van der Waals surface area contributed by atoms with Crippen LogP contribution in [0.25, 0.3) is 0 Å². The predicted molar refractivity (Wildman–Crippen MR) is 44.0 cm³/mol. The van der Waals surface area contributed by atoms with Crippen molar-refractivity contribution in [3.63, 3.8) is 0 Å². The molecule has 1 amide bonds. The summed E-state index contributed by atoms with van der Waals surface area (Å²) in [4.78, 5) is 10.9. The number of carbonyl (C=O) groups excluding carboxylic acids is 1. The normalized spacial score (nSPS) is 26.8. The molecule has 1 aliphatic heterocycles. The average molecular weight is 156 g/mol. The summed E-state index contributed by atoms with van der Waals surface area (Å²) in [6, 6.07) is 0.345. The lowest BCUT2D eigenvalue weighted by molar-refractivity contribution is -0.122. The van der Waals surface area contributed by atoms with E-state index in [1.807, 2.05) is 6.92 Å². The highest BCUT2D eigenvalue weighted by Gasteiger charge is 2.26. The average Bonchev–Trinajstić information content (AvgIpc) is 2.40. The molecule has 1 unspecified atom stereocenters. The molecule has 64 valence electrons. The molecular weight excluding hydrogens is 140 g/mol. The number of carbonyl (C=O) groups is 1. The van der Waals surface area contributed by atoms with Crippen molar-refractivity contribution in [2.24, 2.45) is 11.7 Å². The van der Waals surface area contributed by atoms with Crippen molar-refractivity contribution in [3.8, 4) is 0 Å². The van der Waals surface area contributed by atoms with Crippen LogP contribution in [0.1, 0.15) is 26.2 Å². The molecule has 1 fully saturated rings. The van der Waals surface area contributed by atoms with Gasteiger partial charge in [0.25, 0.3) is 0 Å². The summed E-state index contributed by atoms with van der Waals surface area (Å²) in [5.74, 6) is -0.121. The van der Waals surface area contributed by atoms with Crippen molar-refractivity contribution < 1.29 is 4.79 Å². The fourth-order valence-electron chi connectivity index (χ4n) is 1.74. The Labute approximate surface area is 67.3 Å². The van der Waals surface area contributed by atoms with Crippen LogP contribution in [0, 0.1) is 5.92 Å². The van der Waals surface area contributed by atoms with E-state index >= 15 is 0 Å². The van der Waals surface area contributed by atoms with Gasteiger partial charge in [0.05, 0.1) is 5.92 Å². The second-order valence-corrected chi connectivity index (χ2v) is 3.12. The third-order valence-corrected chi connectivity index (χ3v) is 2.39. The van der Waals surface area contributed by atoms with Crippen LogP contribution in [-0.2, 0) is 4.79 Å². The number of nitrogens with one attached hydrogen (secondary N) is 1. The van der Waals surface area contributed by atoms with Crippen molar-refractivity contribution in [1.29, 1.82) is 0 Å². The van der Waals surface area contributed by atoms with E-state index in [2.05, 4.69) is 5.32 Å². The molecule has 1 aliphatic rings. The van der Waals surface area contributed by atoms with Crippen molar-refractivity contribution in [2.75, 3.05) is 6.54 Å². The Kier molecular flexibility index (Phi) is 2.88. The molecule has 0 aromatic carbocycles. The molecule has 2 atom stereocenters. The molecule has 0 radical (unpaired) electrons. The number of rotatable bonds is 3. The monoisotopic (exact) mass is 156 g/mol. The Balaban J connectivity index is 2.46. The first-order chi connectivity index (χ1) is 5.25. The summed E-state index contributed by atoms with van der Waals surface area (Å²) in [6.45, 7) is 3.05.